The molecule has 0 heterocycles. The maximum atomic E-state index is 11.8. The van der Waals surface area contributed by atoms with Crippen LogP contribution in [0.15, 0.2) is 12.1 Å². The molecule has 1 aromatic rings. The van der Waals surface area contributed by atoms with E-state index in [1.165, 1.54) is 0 Å². The number of ether oxygens (including phenoxy) is 1. The van der Waals surface area contributed by atoms with Gasteiger partial charge in [-0.15, -0.1) is 0 Å². The number of benzene rings is 1. The molecule has 0 bridgehead atoms. The first-order valence-corrected chi connectivity index (χ1v) is 6.41. The van der Waals surface area contributed by atoms with Crippen LogP contribution < -0.4 is 10.1 Å². The van der Waals surface area contributed by atoms with Gasteiger partial charge >= 0.3 is 0 Å². The normalized spacial score (nSPS) is 10.6. The summed E-state index contributed by atoms with van der Waals surface area (Å²) in [6.07, 6.45) is 0.288. The van der Waals surface area contributed by atoms with E-state index in [0.717, 1.165) is 11.1 Å². The second kappa shape index (κ2) is 6.64. The van der Waals surface area contributed by atoms with Gasteiger partial charge in [0.15, 0.2) is 0 Å². The van der Waals surface area contributed by atoms with Crippen molar-refractivity contribution in [3.05, 3.63) is 28.3 Å². The lowest BCUT2D eigenvalue weighted by Gasteiger charge is -2.12. The Labute approximate surface area is 113 Å². The lowest BCUT2D eigenvalue weighted by Crippen LogP contribution is -2.28. The van der Waals surface area contributed by atoms with Crippen LogP contribution in [0.25, 0.3) is 0 Å². The minimum absolute atomic E-state index is 0.0121. The molecule has 0 aliphatic carbocycles. The van der Waals surface area contributed by atoms with Crippen LogP contribution in [0.3, 0.4) is 0 Å². The summed E-state index contributed by atoms with van der Waals surface area (Å²) in [6.45, 7) is 6.71. The molecule has 0 atom stereocenters. The third kappa shape index (κ3) is 4.22. The molecule has 0 aliphatic rings. The van der Waals surface area contributed by atoms with Crippen molar-refractivity contribution in [1.82, 2.24) is 5.32 Å². The van der Waals surface area contributed by atoms with Crippen LogP contribution in [0.4, 0.5) is 0 Å². The number of hydrogen-bond acceptors (Lipinski definition) is 2. The third-order valence-corrected chi connectivity index (χ3v) is 3.03. The largest absolute Gasteiger partial charge is 0.496 e. The zero-order chi connectivity index (χ0) is 13.7. The van der Waals surface area contributed by atoms with Gasteiger partial charge in [0, 0.05) is 17.1 Å². The van der Waals surface area contributed by atoms with Gasteiger partial charge in [-0.25, -0.2) is 0 Å². The van der Waals surface area contributed by atoms with Crippen molar-refractivity contribution in [2.75, 3.05) is 13.7 Å². The molecule has 0 saturated carbocycles. The predicted molar refractivity (Wildman–Crippen MR) is 74.3 cm³/mol. The van der Waals surface area contributed by atoms with E-state index in [1.54, 1.807) is 13.2 Å². The van der Waals surface area contributed by atoms with Crippen molar-refractivity contribution in [2.24, 2.45) is 5.92 Å². The van der Waals surface area contributed by atoms with E-state index in [9.17, 15) is 4.79 Å². The first-order valence-electron chi connectivity index (χ1n) is 6.03. The molecule has 0 aliphatic heterocycles. The predicted octanol–water partition coefficient (Wildman–Crippen LogP) is 2.97. The number of nitrogens with one attached hydrogen (secondary N) is 1. The van der Waals surface area contributed by atoms with Gasteiger partial charge < -0.3 is 10.1 Å². The molecule has 18 heavy (non-hydrogen) atoms. The Balaban J connectivity index is 2.77. The Morgan fingerprint density at radius 1 is 1.44 bits per heavy atom. The number of hydrogen-bond donors (Lipinski definition) is 1. The van der Waals surface area contributed by atoms with Crippen molar-refractivity contribution in [1.29, 1.82) is 0 Å². The van der Waals surface area contributed by atoms with Crippen LogP contribution in [0, 0.1) is 12.8 Å². The van der Waals surface area contributed by atoms with E-state index in [-0.39, 0.29) is 12.3 Å². The molecule has 0 radical (unpaired) electrons. The average Bonchev–Trinajstić information content (AvgIpc) is 2.31. The lowest BCUT2D eigenvalue weighted by atomic mass is 10.1. The molecule has 0 aromatic heterocycles. The van der Waals surface area contributed by atoms with Gasteiger partial charge in [0.05, 0.1) is 13.5 Å². The SMILES string of the molecule is COc1cc(C)c(Cl)cc1CC(=O)NCC(C)C. The van der Waals surface area contributed by atoms with Crippen LogP contribution in [0.5, 0.6) is 5.75 Å². The molecule has 3 nitrogen and oxygen atoms in total. The monoisotopic (exact) mass is 269 g/mol. The van der Waals surface area contributed by atoms with Crippen molar-refractivity contribution >= 4 is 17.5 Å². The Bertz CT molecular complexity index is 430. The lowest BCUT2D eigenvalue weighted by molar-refractivity contribution is -0.120. The van der Waals surface area contributed by atoms with Crippen molar-refractivity contribution in [3.8, 4) is 5.75 Å². The van der Waals surface area contributed by atoms with Gasteiger partial charge in [0.2, 0.25) is 5.91 Å². The Kier molecular flexibility index (Phi) is 5.48. The highest BCUT2D eigenvalue weighted by molar-refractivity contribution is 6.31. The highest BCUT2D eigenvalue weighted by Crippen LogP contribution is 2.26. The highest BCUT2D eigenvalue weighted by atomic mass is 35.5. The summed E-state index contributed by atoms with van der Waals surface area (Å²) < 4.78 is 5.27. The summed E-state index contributed by atoms with van der Waals surface area (Å²) in [7, 11) is 1.60. The molecule has 1 amide bonds. The maximum Gasteiger partial charge on any atom is 0.224 e. The molecule has 1 rings (SSSR count). The second-order valence-electron chi connectivity index (χ2n) is 4.79. The fraction of sp³-hybridized carbons (Fsp3) is 0.500. The molecule has 4 heteroatoms. The molecule has 0 unspecified atom stereocenters. The van der Waals surface area contributed by atoms with E-state index >= 15 is 0 Å². The molecule has 0 saturated heterocycles. The van der Waals surface area contributed by atoms with E-state index in [1.807, 2.05) is 13.0 Å². The molecule has 1 aromatic carbocycles. The second-order valence-corrected chi connectivity index (χ2v) is 5.20. The zero-order valence-corrected chi connectivity index (χ0v) is 12.1. The van der Waals surface area contributed by atoms with Gasteiger partial charge in [0.1, 0.15) is 5.75 Å². The highest BCUT2D eigenvalue weighted by Gasteiger charge is 2.11. The molecule has 1 N–H and O–H groups in total. The standard InChI is InChI=1S/C14H20ClNO2/c1-9(2)8-16-14(17)7-11-6-12(15)10(3)5-13(11)18-4/h5-6,9H,7-8H2,1-4H3,(H,16,17). The number of rotatable bonds is 5. The molecule has 0 spiro atoms. The van der Waals surface area contributed by atoms with E-state index in [0.29, 0.717) is 23.2 Å². The Morgan fingerprint density at radius 3 is 2.67 bits per heavy atom. The molecular formula is C14H20ClNO2. The van der Waals surface area contributed by atoms with Crippen molar-refractivity contribution < 1.29 is 9.53 Å². The minimum atomic E-state index is -0.0121. The van der Waals surface area contributed by atoms with Crippen molar-refractivity contribution in [2.45, 2.75) is 27.2 Å². The molecule has 0 fully saturated rings. The maximum absolute atomic E-state index is 11.8. The summed E-state index contributed by atoms with van der Waals surface area (Å²) in [4.78, 5) is 11.8. The summed E-state index contributed by atoms with van der Waals surface area (Å²) >= 11 is 6.07. The Morgan fingerprint density at radius 2 is 2.11 bits per heavy atom. The fourth-order valence-corrected chi connectivity index (χ4v) is 1.76. The number of halogens is 1. The summed E-state index contributed by atoms with van der Waals surface area (Å²) in [5.74, 6) is 1.14. The van der Waals surface area contributed by atoms with Gasteiger partial charge in [0.25, 0.3) is 0 Å². The number of methoxy groups -OCH3 is 1. The minimum Gasteiger partial charge on any atom is -0.496 e. The summed E-state index contributed by atoms with van der Waals surface area (Å²) in [5, 5.41) is 3.53. The number of carbonyl (C=O) groups excluding carboxylic acids is 1. The quantitative estimate of drug-likeness (QED) is 0.892. The van der Waals surface area contributed by atoms with Gasteiger partial charge in [-0.05, 0) is 30.5 Å². The summed E-state index contributed by atoms with van der Waals surface area (Å²) in [5.41, 5.74) is 1.76. The van der Waals surface area contributed by atoms with E-state index in [4.69, 9.17) is 16.3 Å². The van der Waals surface area contributed by atoms with Crippen LogP contribution >= 0.6 is 11.6 Å². The van der Waals surface area contributed by atoms with Gasteiger partial charge in [-0.2, -0.15) is 0 Å². The molecule has 100 valence electrons. The number of carbonyl (C=O) groups is 1. The van der Waals surface area contributed by atoms with Crippen LogP contribution in [-0.4, -0.2) is 19.6 Å². The van der Waals surface area contributed by atoms with E-state index < -0.39 is 0 Å². The Hall–Kier alpha value is -1.22. The van der Waals surface area contributed by atoms with Crippen LogP contribution in [0.1, 0.15) is 25.0 Å². The van der Waals surface area contributed by atoms with Gasteiger partial charge in [-0.1, -0.05) is 25.4 Å². The first kappa shape index (κ1) is 14.8. The van der Waals surface area contributed by atoms with Gasteiger partial charge in [-0.3, -0.25) is 4.79 Å². The zero-order valence-electron chi connectivity index (χ0n) is 11.3. The number of amides is 1. The number of aryl methyl sites for hydroxylation is 1. The first-order chi connectivity index (χ1) is 8.43. The smallest absolute Gasteiger partial charge is 0.224 e. The average molecular weight is 270 g/mol. The van der Waals surface area contributed by atoms with Crippen LogP contribution in [0.2, 0.25) is 5.02 Å². The van der Waals surface area contributed by atoms with E-state index in [2.05, 4.69) is 19.2 Å². The summed E-state index contributed by atoms with van der Waals surface area (Å²) in [6, 6.07) is 3.65. The van der Waals surface area contributed by atoms with Crippen molar-refractivity contribution in [3.63, 3.8) is 0 Å². The van der Waals surface area contributed by atoms with Crippen LogP contribution in [-0.2, 0) is 11.2 Å². The molecular weight excluding hydrogens is 250 g/mol. The topological polar surface area (TPSA) is 38.3 Å². The third-order valence-electron chi connectivity index (χ3n) is 2.62. The fourth-order valence-electron chi connectivity index (χ4n) is 1.58.